The van der Waals surface area contributed by atoms with Crippen LogP contribution in [0.15, 0.2) is 42.7 Å². The number of hydrogen-bond donors (Lipinski definition) is 2. The number of fused-ring (bicyclic) bond motifs is 2. The van der Waals surface area contributed by atoms with Gasteiger partial charge in [0, 0.05) is 32.0 Å². The zero-order chi connectivity index (χ0) is 20.2. The van der Waals surface area contributed by atoms with E-state index in [1.165, 1.54) is 11.1 Å². The number of likely N-dealkylation sites (tertiary alicyclic amines) is 1. The molecule has 0 unspecified atom stereocenters. The van der Waals surface area contributed by atoms with E-state index in [-0.39, 0.29) is 11.4 Å². The second-order valence-electron chi connectivity index (χ2n) is 7.81. The summed E-state index contributed by atoms with van der Waals surface area (Å²) in [5.41, 5.74) is 3.21. The van der Waals surface area contributed by atoms with Crippen LogP contribution in [-0.4, -0.2) is 50.0 Å². The lowest BCUT2D eigenvalue weighted by Crippen LogP contribution is -2.65. The van der Waals surface area contributed by atoms with Crippen LogP contribution in [0, 0.1) is 3.57 Å². The molecule has 3 aromatic rings. The number of nitrogens with zero attached hydrogens (tertiary/aromatic N) is 3. The maximum atomic E-state index is 13.1. The standard InChI is InChI=1S/C21H20ClIN4O2/c22-15-5-7-26-11-16(25-19(26)18(15)23)20(29)27-8-6-21(17(28)12-27)9-13-3-1-2-4-14(13)10-24-21/h1-5,7,11,17,24,28H,6,8-10,12H2/t17-,21+/m1/s1. The van der Waals surface area contributed by atoms with Gasteiger partial charge in [-0.2, -0.15) is 0 Å². The highest BCUT2D eigenvalue weighted by Gasteiger charge is 2.45. The highest BCUT2D eigenvalue weighted by Crippen LogP contribution is 2.32. The molecule has 1 amide bonds. The van der Waals surface area contributed by atoms with Gasteiger partial charge in [-0.3, -0.25) is 4.79 Å². The topological polar surface area (TPSA) is 69.9 Å². The summed E-state index contributed by atoms with van der Waals surface area (Å²) in [5, 5.41) is 15.2. The predicted octanol–water partition coefficient (Wildman–Crippen LogP) is 2.88. The largest absolute Gasteiger partial charge is 0.389 e. The molecule has 0 saturated carbocycles. The van der Waals surface area contributed by atoms with Crippen LogP contribution in [0.5, 0.6) is 0 Å². The first-order chi connectivity index (χ1) is 14.0. The Balaban J connectivity index is 1.36. The molecule has 6 nitrogen and oxygen atoms in total. The normalized spacial score (nSPS) is 24.1. The van der Waals surface area contributed by atoms with Crippen molar-refractivity contribution < 1.29 is 9.90 Å². The number of β-amino-alcohol motifs (C(OH)–C–C–N with tert-alkyl or cyclic N) is 1. The molecule has 4 heterocycles. The zero-order valence-electron chi connectivity index (χ0n) is 15.6. The molecule has 150 valence electrons. The summed E-state index contributed by atoms with van der Waals surface area (Å²) in [6.07, 6.45) is 4.36. The Bertz CT molecular complexity index is 1120. The van der Waals surface area contributed by atoms with Crippen molar-refractivity contribution in [2.75, 3.05) is 13.1 Å². The van der Waals surface area contributed by atoms with E-state index in [2.05, 4.69) is 45.0 Å². The number of aliphatic hydroxyl groups is 1. The Morgan fingerprint density at radius 3 is 2.90 bits per heavy atom. The molecule has 2 N–H and O–H groups in total. The minimum atomic E-state index is -0.639. The Kier molecular flexibility index (Phi) is 4.81. The van der Waals surface area contributed by atoms with Crippen LogP contribution >= 0.6 is 34.2 Å². The van der Waals surface area contributed by atoms with E-state index in [0.29, 0.717) is 35.9 Å². The third-order valence-corrected chi connectivity index (χ3v) is 7.84. The molecule has 5 rings (SSSR count). The number of aliphatic hydroxyl groups excluding tert-OH is 1. The lowest BCUT2D eigenvalue weighted by Gasteiger charge is -2.48. The van der Waals surface area contributed by atoms with E-state index >= 15 is 0 Å². The van der Waals surface area contributed by atoms with Crippen LogP contribution in [0.25, 0.3) is 5.65 Å². The molecule has 1 fully saturated rings. The maximum Gasteiger partial charge on any atom is 0.274 e. The van der Waals surface area contributed by atoms with E-state index < -0.39 is 6.10 Å². The minimum absolute atomic E-state index is 0.161. The van der Waals surface area contributed by atoms with Gasteiger partial charge in [0.2, 0.25) is 0 Å². The number of halogens is 2. The zero-order valence-corrected chi connectivity index (χ0v) is 18.5. The Hall–Kier alpha value is -1.68. The second kappa shape index (κ2) is 7.23. The van der Waals surface area contributed by atoms with Crippen molar-refractivity contribution in [2.45, 2.75) is 31.0 Å². The first-order valence-corrected chi connectivity index (χ1v) is 11.0. The molecular weight excluding hydrogens is 503 g/mol. The highest BCUT2D eigenvalue weighted by molar-refractivity contribution is 14.1. The van der Waals surface area contributed by atoms with E-state index in [1.54, 1.807) is 23.4 Å². The molecule has 1 aromatic carbocycles. The number of nitrogens with one attached hydrogen (secondary N) is 1. The summed E-state index contributed by atoms with van der Waals surface area (Å²) in [6.45, 7) is 1.61. The quantitative estimate of drug-likeness (QED) is 0.482. The number of piperidine rings is 1. The summed E-state index contributed by atoms with van der Waals surface area (Å²) in [5.74, 6) is -0.161. The van der Waals surface area contributed by atoms with Crippen molar-refractivity contribution in [3.8, 4) is 0 Å². The summed E-state index contributed by atoms with van der Waals surface area (Å²) < 4.78 is 2.62. The van der Waals surface area contributed by atoms with Gasteiger partial charge in [-0.1, -0.05) is 35.9 Å². The average Bonchev–Trinajstić information content (AvgIpc) is 3.17. The number of benzene rings is 1. The fourth-order valence-corrected chi connectivity index (χ4v) is 5.13. The summed E-state index contributed by atoms with van der Waals surface area (Å²) in [7, 11) is 0. The van der Waals surface area contributed by atoms with E-state index in [4.69, 9.17) is 11.6 Å². The van der Waals surface area contributed by atoms with E-state index in [9.17, 15) is 9.90 Å². The molecule has 0 bridgehead atoms. The van der Waals surface area contributed by atoms with Gasteiger partial charge < -0.3 is 19.7 Å². The SMILES string of the molecule is O=C(c1cn2ccc(Cl)c(I)c2n1)N1CC[C@]2(Cc3ccccc3CN2)[C@H](O)C1. The van der Waals surface area contributed by atoms with Gasteiger partial charge in [0.05, 0.1) is 20.2 Å². The van der Waals surface area contributed by atoms with Crippen molar-refractivity contribution >= 4 is 45.7 Å². The lowest BCUT2D eigenvalue weighted by molar-refractivity contribution is -0.0140. The number of imidazole rings is 1. The van der Waals surface area contributed by atoms with Gasteiger partial charge in [-0.15, -0.1) is 0 Å². The number of aromatic nitrogens is 2. The van der Waals surface area contributed by atoms with Crippen molar-refractivity contribution in [3.05, 3.63) is 68.1 Å². The number of rotatable bonds is 1. The molecule has 0 radical (unpaired) electrons. The lowest BCUT2D eigenvalue weighted by atomic mass is 9.76. The first-order valence-electron chi connectivity index (χ1n) is 9.59. The molecule has 1 saturated heterocycles. The molecule has 2 atom stereocenters. The Labute approximate surface area is 187 Å². The van der Waals surface area contributed by atoms with Gasteiger partial charge >= 0.3 is 0 Å². The molecule has 2 aliphatic rings. The summed E-state index contributed by atoms with van der Waals surface area (Å²) in [6, 6.07) is 10.1. The molecular formula is C21H20ClIN4O2. The Morgan fingerprint density at radius 2 is 2.10 bits per heavy atom. The molecule has 0 aliphatic carbocycles. The van der Waals surface area contributed by atoms with E-state index in [1.807, 2.05) is 16.5 Å². The van der Waals surface area contributed by atoms with Gasteiger partial charge in [0.25, 0.3) is 5.91 Å². The Morgan fingerprint density at radius 1 is 1.31 bits per heavy atom. The van der Waals surface area contributed by atoms with Gasteiger partial charge in [-0.25, -0.2) is 4.98 Å². The van der Waals surface area contributed by atoms with Crippen molar-refractivity contribution in [2.24, 2.45) is 0 Å². The molecule has 29 heavy (non-hydrogen) atoms. The average molecular weight is 523 g/mol. The fourth-order valence-electron chi connectivity index (χ4n) is 4.41. The second-order valence-corrected chi connectivity index (χ2v) is 9.29. The van der Waals surface area contributed by atoms with Crippen molar-refractivity contribution in [1.29, 1.82) is 0 Å². The highest BCUT2D eigenvalue weighted by atomic mass is 127. The van der Waals surface area contributed by atoms with Gasteiger partial charge in [0.1, 0.15) is 5.69 Å². The predicted molar refractivity (Wildman–Crippen MR) is 119 cm³/mol. The van der Waals surface area contributed by atoms with Crippen molar-refractivity contribution in [3.63, 3.8) is 0 Å². The number of hydrogen-bond acceptors (Lipinski definition) is 4. The van der Waals surface area contributed by atoms with Gasteiger partial charge in [-0.05, 0) is 52.6 Å². The maximum absolute atomic E-state index is 13.1. The smallest absolute Gasteiger partial charge is 0.274 e. The van der Waals surface area contributed by atoms with Crippen LogP contribution < -0.4 is 5.32 Å². The third-order valence-electron chi connectivity index (χ3n) is 6.14. The molecule has 8 heteroatoms. The number of pyridine rings is 1. The summed E-state index contributed by atoms with van der Waals surface area (Å²) in [4.78, 5) is 19.3. The van der Waals surface area contributed by atoms with Crippen LogP contribution in [0.2, 0.25) is 5.02 Å². The minimum Gasteiger partial charge on any atom is -0.389 e. The first kappa shape index (κ1) is 19.3. The van der Waals surface area contributed by atoms with Gasteiger partial charge in [0.15, 0.2) is 5.65 Å². The van der Waals surface area contributed by atoms with Crippen LogP contribution in [0.4, 0.5) is 0 Å². The molecule has 2 aromatic heterocycles. The monoisotopic (exact) mass is 522 g/mol. The molecule has 2 aliphatic heterocycles. The third kappa shape index (κ3) is 3.24. The van der Waals surface area contributed by atoms with E-state index in [0.717, 1.165) is 16.5 Å². The van der Waals surface area contributed by atoms with Crippen LogP contribution in [0.1, 0.15) is 28.0 Å². The summed E-state index contributed by atoms with van der Waals surface area (Å²) >= 11 is 8.30. The fraction of sp³-hybridized carbons (Fsp3) is 0.333. The number of amides is 1. The van der Waals surface area contributed by atoms with Crippen molar-refractivity contribution in [1.82, 2.24) is 19.6 Å². The number of carbonyl (C=O) groups is 1. The number of carbonyl (C=O) groups excluding carboxylic acids is 1. The molecule has 1 spiro atoms. The van der Waals surface area contributed by atoms with Crippen LogP contribution in [0.3, 0.4) is 0 Å². The van der Waals surface area contributed by atoms with Crippen LogP contribution in [-0.2, 0) is 13.0 Å².